The fourth-order valence-electron chi connectivity index (χ4n) is 2.15. The van der Waals surface area contributed by atoms with Crippen LogP contribution in [0, 0.1) is 5.82 Å². The molecule has 0 aliphatic heterocycles. The van der Waals surface area contributed by atoms with Gasteiger partial charge in [-0.05, 0) is 25.0 Å². The molecular weight excluding hydrogens is 264 g/mol. The average Bonchev–Trinajstić information content (AvgIpc) is 2.25. The van der Waals surface area contributed by atoms with Crippen LogP contribution in [0.2, 0.25) is 10.0 Å². The number of aliphatic hydroxyl groups is 1. The molecule has 2 rings (SSSR count). The zero-order chi connectivity index (χ0) is 12.4. The van der Waals surface area contributed by atoms with E-state index in [4.69, 9.17) is 23.2 Å². The van der Waals surface area contributed by atoms with Gasteiger partial charge in [0.2, 0.25) is 0 Å². The molecule has 1 fully saturated rings. The van der Waals surface area contributed by atoms with Crippen LogP contribution in [-0.2, 0) is 0 Å². The first-order valence-electron chi connectivity index (χ1n) is 5.67. The lowest BCUT2D eigenvalue weighted by Gasteiger charge is -2.29. The molecule has 0 saturated heterocycles. The Morgan fingerprint density at radius 2 is 1.76 bits per heavy atom. The maximum Gasteiger partial charge on any atom is 0.126 e. The van der Waals surface area contributed by atoms with Crippen molar-refractivity contribution < 1.29 is 9.50 Å². The van der Waals surface area contributed by atoms with E-state index in [1.165, 1.54) is 12.1 Å². The van der Waals surface area contributed by atoms with Crippen molar-refractivity contribution in [2.24, 2.45) is 0 Å². The van der Waals surface area contributed by atoms with Gasteiger partial charge in [0.15, 0.2) is 0 Å². The number of aliphatic hydroxyl groups excluding tert-OH is 1. The first kappa shape index (κ1) is 12.9. The molecule has 0 aromatic heterocycles. The zero-order valence-corrected chi connectivity index (χ0v) is 10.7. The lowest BCUT2D eigenvalue weighted by atomic mass is 9.92. The summed E-state index contributed by atoms with van der Waals surface area (Å²) < 4.78 is 13.0. The number of rotatable bonds is 2. The Balaban J connectivity index is 2.17. The number of benzene rings is 1. The summed E-state index contributed by atoms with van der Waals surface area (Å²) >= 11 is 11.9. The molecule has 17 heavy (non-hydrogen) atoms. The van der Waals surface area contributed by atoms with Gasteiger partial charge >= 0.3 is 0 Å². The summed E-state index contributed by atoms with van der Waals surface area (Å²) in [6, 6.07) is 2.36. The van der Waals surface area contributed by atoms with Crippen molar-refractivity contribution >= 4 is 28.9 Å². The molecule has 0 amide bonds. The van der Waals surface area contributed by atoms with E-state index in [2.05, 4.69) is 5.32 Å². The lowest BCUT2D eigenvalue weighted by Crippen LogP contribution is -2.36. The molecule has 1 saturated carbocycles. The fraction of sp³-hybridized carbons (Fsp3) is 0.500. The highest BCUT2D eigenvalue weighted by Crippen LogP contribution is 2.33. The number of anilines is 1. The lowest BCUT2D eigenvalue weighted by molar-refractivity contribution is 0.116. The Morgan fingerprint density at radius 3 is 2.35 bits per heavy atom. The van der Waals surface area contributed by atoms with Crippen LogP contribution in [0.3, 0.4) is 0 Å². The fourth-order valence-corrected chi connectivity index (χ4v) is 2.71. The molecule has 94 valence electrons. The second-order valence-corrected chi connectivity index (χ2v) is 5.16. The predicted octanol–water partition coefficient (Wildman–Crippen LogP) is 3.85. The molecule has 2 atom stereocenters. The molecular formula is C12H14Cl2FNO. The number of hydrogen-bond acceptors (Lipinski definition) is 2. The molecule has 2 N–H and O–H groups in total. The molecule has 0 bridgehead atoms. The van der Waals surface area contributed by atoms with E-state index in [0.717, 1.165) is 25.7 Å². The molecule has 1 aliphatic carbocycles. The van der Waals surface area contributed by atoms with E-state index in [9.17, 15) is 9.50 Å². The maximum atomic E-state index is 13.0. The van der Waals surface area contributed by atoms with Crippen LogP contribution in [0.5, 0.6) is 0 Å². The van der Waals surface area contributed by atoms with Crippen molar-refractivity contribution in [2.75, 3.05) is 5.32 Å². The van der Waals surface area contributed by atoms with Crippen LogP contribution in [0.1, 0.15) is 25.7 Å². The molecule has 0 spiro atoms. The summed E-state index contributed by atoms with van der Waals surface area (Å²) in [6.07, 6.45) is 3.33. The Bertz CT molecular complexity index is 390. The summed E-state index contributed by atoms with van der Waals surface area (Å²) in [6.45, 7) is 0. The topological polar surface area (TPSA) is 32.3 Å². The largest absolute Gasteiger partial charge is 0.391 e. The third kappa shape index (κ3) is 3.03. The van der Waals surface area contributed by atoms with E-state index >= 15 is 0 Å². The standard InChI is InChI=1S/C12H14Cl2FNO/c13-8-5-7(15)6-9(14)12(8)16-10-3-1-2-4-11(10)17/h5-6,10-11,16-17H,1-4H2. The molecule has 1 aliphatic rings. The first-order valence-corrected chi connectivity index (χ1v) is 6.42. The molecule has 0 heterocycles. The van der Waals surface area contributed by atoms with Crippen molar-refractivity contribution in [1.29, 1.82) is 0 Å². The van der Waals surface area contributed by atoms with Gasteiger partial charge in [0, 0.05) is 0 Å². The van der Waals surface area contributed by atoms with Crippen molar-refractivity contribution in [2.45, 2.75) is 37.8 Å². The molecule has 1 aromatic carbocycles. The molecule has 2 nitrogen and oxygen atoms in total. The molecule has 2 unspecified atom stereocenters. The minimum Gasteiger partial charge on any atom is -0.391 e. The smallest absolute Gasteiger partial charge is 0.126 e. The van der Waals surface area contributed by atoms with Gasteiger partial charge in [0.1, 0.15) is 5.82 Å². The van der Waals surface area contributed by atoms with Crippen LogP contribution in [0.25, 0.3) is 0 Å². The van der Waals surface area contributed by atoms with E-state index in [1.54, 1.807) is 0 Å². The van der Waals surface area contributed by atoms with Gasteiger partial charge in [0.25, 0.3) is 0 Å². The second-order valence-electron chi connectivity index (χ2n) is 4.35. The minimum atomic E-state index is -0.463. The monoisotopic (exact) mass is 277 g/mol. The summed E-state index contributed by atoms with van der Waals surface area (Å²) in [5, 5.41) is 13.4. The van der Waals surface area contributed by atoms with Gasteiger partial charge in [-0.1, -0.05) is 36.0 Å². The highest BCUT2D eigenvalue weighted by molar-refractivity contribution is 6.39. The first-order chi connectivity index (χ1) is 8.08. The van der Waals surface area contributed by atoms with Gasteiger partial charge < -0.3 is 10.4 Å². The Kier molecular flexibility index (Phi) is 4.13. The molecule has 5 heteroatoms. The highest BCUT2D eigenvalue weighted by Gasteiger charge is 2.24. The summed E-state index contributed by atoms with van der Waals surface area (Å²) in [5.74, 6) is -0.463. The number of nitrogens with one attached hydrogen (secondary N) is 1. The van der Waals surface area contributed by atoms with Crippen molar-refractivity contribution in [1.82, 2.24) is 0 Å². The normalized spacial score (nSPS) is 24.7. The van der Waals surface area contributed by atoms with E-state index in [0.29, 0.717) is 5.69 Å². The van der Waals surface area contributed by atoms with Crippen LogP contribution in [-0.4, -0.2) is 17.3 Å². The molecule has 1 aromatic rings. The quantitative estimate of drug-likeness (QED) is 0.861. The van der Waals surface area contributed by atoms with Crippen LogP contribution in [0.4, 0.5) is 10.1 Å². The summed E-state index contributed by atoms with van der Waals surface area (Å²) in [4.78, 5) is 0. The second kappa shape index (κ2) is 5.42. The average molecular weight is 278 g/mol. The minimum absolute atomic E-state index is 0.0655. The van der Waals surface area contributed by atoms with Crippen molar-refractivity contribution in [3.8, 4) is 0 Å². The Labute approximate surface area is 110 Å². The summed E-state index contributed by atoms with van der Waals surface area (Å²) in [7, 11) is 0. The highest BCUT2D eigenvalue weighted by atomic mass is 35.5. The predicted molar refractivity (Wildman–Crippen MR) is 68.3 cm³/mol. The number of hydrogen-bond donors (Lipinski definition) is 2. The van der Waals surface area contributed by atoms with E-state index in [-0.39, 0.29) is 16.1 Å². The number of halogens is 3. The zero-order valence-electron chi connectivity index (χ0n) is 9.22. The van der Waals surface area contributed by atoms with Gasteiger partial charge in [0.05, 0.1) is 27.9 Å². The van der Waals surface area contributed by atoms with Gasteiger partial charge in [-0.2, -0.15) is 0 Å². The van der Waals surface area contributed by atoms with Crippen LogP contribution >= 0.6 is 23.2 Å². The van der Waals surface area contributed by atoms with E-state index < -0.39 is 11.9 Å². The van der Waals surface area contributed by atoms with Gasteiger partial charge in [-0.15, -0.1) is 0 Å². The van der Waals surface area contributed by atoms with Gasteiger partial charge in [-0.3, -0.25) is 0 Å². The van der Waals surface area contributed by atoms with Crippen molar-refractivity contribution in [3.05, 3.63) is 28.0 Å². The Morgan fingerprint density at radius 1 is 1.18 bits per heavy atom. The van der Waals surface area contributed by atoms with Crippen LogP contribution in [0.15, 0.2) is 12.1 Å². The van der Waals surface area contributed by atoms with Crippen molar-refractivity contribution in [3.63, 3.8) is 0 Å². The SMILES string of the molecule is OC1CCCCC1Nc1c(Cl)cc(F)cc1Cl. The third-order valence-electron chi connectivity index (χ3n) is 3.07. The van der Waals surface area contributed by atoms with Gasteiger partial charge in [-0.25, -0.2) is 4.39 Å². The maximum absolute atomic E-state index is 13.0. The van der Waals surface area contributed by atoms with E-state index in [1.807, 2.05) is 0 Å². The molecule has 0 radical (unpaired) electrons. The summed E-state index contributed by atoms with van der Waals surface area (Å²) in [5.41, 5.74) is 0.501. The third-order valence-corrected chi connectivity index (χ3v) is 3.66. The Hall–Kier alpha value is -0.510. The van der Waals surface area contributed by atoms with Crippen LogP contribution < -0.4 is 5.32 Å².